The number of hydrogen-bond acceptors (Lipinski definition) is 4. The molecule has 0 aliphatic heterocycles. The highest BCUT2D eigenvalue weighted by Gasteiger charge is 2.06. The van der Waals surface area contributed by atoms with Crippen LogP contribution in [0.4, 0.5) is 0 Å². The fourth-order valence-corrected chi connectivity index (χ4v) is 2.54. The number of thiazole rings is 1. The predicted octanol–water partition coefficient (Wildman–Crippen LogP) is 3.24. The predicted molar refractivity (Wildman–Crippen MR) is 73.1 cm³/mol. The van der Waals surface area contributed by atoms with Crippen molar-refractivity contribution in [2.75, 3.05) is 7.05 Å². The summed E-state index contributed by atoms with van der Waals surface area (Å²) < 4.78 is 1.01. The van der Waals surface area contributed by atoms with Crippen LogP contribution in [0.2, 0.25) is 0 Å². The fraction of sp³-hybridized carbons (Fsp3) is 0.250. The van der Waals surface area contributed by atoms with Crippen LogP contribution in [0.15, 0.2) is 33.6 Å². The van der Waals surface area contributed by atoms with E-state index < -0.39 is 0 Å². The molecule has 0 spiro atoms. The molecule has 1 aromatic carbocycles. The van der Waals surface area contributed by atoms with Gasteiger partial charge in [0.25, 0.3) is 0 Å². The molecule has 5 heteroatoms. The summed E-state index contributed by atoms with van der Waals surface area (Å²) in [5.74, 6) is 0.297. The second-order valence-electron chi connectivity index (χ2n) is 3.93. The van der Waals surface area contributed by atoms with Crippen LogP contribution in [0.3, 0.4) is 0 Å². The molecule has 0 saturated heterocycles. The van der Waals surface area contributed by atoms with Crippen molar-refractivity contribution in [2.24, 2.45) is 0 Å². The fourth-order valence-electron chi connectivity index (χ4n) is 1.62. The quantitative estimate of drug-likeness (QED) is 0.941. The van der Waals surface area contributed by atoms with E-state index >= 15 is 0 Å². The molecule has 3 nitrogen and oxygen atoms in total. The number of aromatic hydroxyl groups is 1. The first-order valence-corrected chi connectivity index (χ1v) is 6.92. The third-order valence-electron chi connectivity index (χ3n) is 2.38. The van der Waals surface area contributed by atoms with E-state index in [1.807, 2.05) is 24.0 Å². The molecule has 17 heavy (non-hydrogen) atoms. The topological polar surface area (TPSA) is 36.4 Å². The monoisotopic (exact) mass is 312 g/mol. The van der Waals surface area contributed by atoms with Crippen molar-refractivity contribution in [3.8, 4) is 5.75 Å². The standard InChI is InChI=1S/C12H13BrN2OS/c1-15(6-10-7-17-8-14-10)5-9-4-11(16)2-3-12(9)13/h2-4,7-8,16H,5-6H2,1H3. The highest BCUT2D eigenvalue weighted by molar-refractivity contribution is 9.10. The van der Waals surface area contributed by atoms with E-state index in [1.54, 1.807) is 23.5 Å². The normalized spacial score (nSPS) is 11.0. The zero-order valence-corrected chi connectivity index (χ0v) is 11.8. The molecule has 0 amide bonds. The maximum atomic E-state index is 9.46. The Kier molecular flexibility index (Phi) is 4.15. The van der Waals surface area contributed by atoms with Gasteiger partial charge in [0.1, 0.15) is 5.75 Å². The van der Waals surface area contributed by atoms with Gasteiger partial charge in [-0.25, -0.2) is 4.98 Å². The van der Waals surface area contributed by atoms with Crippen molar-refractivity contribution in [3.05, 3.63) is 44.8 Å². The first-order valence-electron chi connectivity index (χ1n) is 5.18. The van der Waals surface area contributed by atoms with Gasteiger partial charge >= 0.3 is 0 Å². The van der Waals surface area contributed by atoms with Crippen LogP contribution >= 0.6 is 27.3 Å². The summed E-state index contributed by atoms with van der Waals surface area (Å²) in [5.41, 5.74) is 3.99. The minimum absolute atomic E-state index is 0.297. The Labute approximate surface area is 113 Å². The molecule has 0 bridgehead atoms. The van der Waals surface area contributed by atoms with E-state index in [0.717, 1.165) is 28.8 Å². The molecule has 0 radical (unpaired) electrons. The zero-order valence-electron chi connectivity index (χ0n) is 9.43. The molecule has 0 unspecified atom stereocenters. The van der Waals surface area contributed by atoms with Gasteiger partial charge in [0.05, 0.1) is 11.2 Å². The second kappa shape index (κ2) is 5.62. The Morgan fingerprint density at radius 2 is 2.24 bits per heavy atom. The van der Waals surface area contributed by atoms with E-state index in [-0.39, 0.29) is 0 Å². The maximum Gasteiger partial charge on any atom is 0.115 e. The first-order chi connectivity index (χ1) is 8.15. The van der Waals surface area contributed by atoms with Gasteiger partial charge in [-0.2, -0.15) is 0 Å². The lowest BCUT2D eigenvalue weighted by molar-refractivity contribution is 0.314. The van der Waals surface area contributed by atoms with Crippen LogP contribution in [0.5, 0.6) is 5.75 Å². The Hall–Kier alpha value is -0.910. The lowest BCUT2D eigenvalue weighted by Gasteiger charge is -2.16. The molecule has 0 fully saturated rings. The number of nitrogens with zero attached hydrogens (tertiary/aromatic N) is 2. The van der Waals surface area contributed by atoms with E-state index in [2.05, 4.69) is 25.8 Å². The Balaban J connectivity index is 2.02. The Morgan fingerprint density at radius 1 is 1.41 bits per heavy atom. The van der Waals surface area contributed by atoms with E-state index in [0.29, 0.717) is 5.75 Å². The molecular formula is C12H13BrN2OS. The minimum Gasteiger partial charge on any atom is -0.508 e. The zero-order chi connectivity index (χ0) is 12.3. The highest BCUT2D eigenvalue weighted by Crippen LogP contribution is 2.23. The third-order valence-corrected chi connectivity index (χ3v) is 3.79. The summed E-state index contributed by atoms with van der Waals surface area (Å²) in [7, 11) is 2.04. The van der Waals surface area contributed by atoms with E-state index in [9.17, 15) is 5.11 Å². The highest BCUT2D eigenvalue weighted by atomic mass is 79.9. The van der Waals surface area contributed by atoms with Crippen molar-refractivity contribution in [1.82, 2.24) is 9.88 Å². The summed E-state index contributed by atoms with van der Waals surface area (Å²) in [5, 5.41) is 11.5. The van der Waals surface area contributed by atoms with Crippen molar-refractivity contribution in [1.29, 1.82) is 0 Å². The number of hydrogen-bond donors (Lipinski definition) is 1. The van der Waals surface area contributed by atoms with E-state index in [4.69, 9.17) is 0 Å². The SMILES string of the molecule is CN(Cc1cscn1)Cc1cc(O)ccc1Br. The number of phenols is 1. The number of benzene rings is 1. The summed E-state index contributed by atoms with van der Waals surface area (Å²) in [6, 6.07) is 5.32. The number of aromatic nitrogens is 1. The van der Waals surface area contributed by atoms with Gasteiger partial charge in [-0.15, -0.1) is 11.3 Å². The molecule has 0 aliphatic rings. The Bertz CT molecular complexity index is 487. The molecule has 1 N–H and O–H groups in total. The van der Waals surface area contributed by atoms with Crippen LogP contribution in [0.1, 0.15) is 11.3 Å². The molecule has 1 heterocycles. The van der Waals surface area contributed by atoms with Gasteiger partial charge in [0.15, 0.2) is 0 Å². The van der Waals surface area contributed by atoms with Gasteiger partial charge in [-0.1, -0.05) is 15.9 Å². The summed E-state index contributed by atoms with van der Waals surface area (Å²) in [4.78, 5) is 6.41. The third kappa shape index (κ3) is 3.52. The average molecular weight is 313 g/mol. The van der Waals surface area contributed by atoms with Gasteiger partial charge in [-0.3, -0.25) is 4.90 Å². The summed E-state index contributed by atoms with van der Waals surface area (Å²) in [6.07, 6.45) is 0. The molecule has 90 valence electrons. The van der Waals surface area contributed by atoms with Crippen LogP contribution in [0.25, 0.3) is 0 Å². The van der Waals surface area contributed by atoms with Crippen molar-refractivity contribution < 1.29 is 5.11 Å². The van der Waals surface area contributed by atoms with Gasteiger partial charge in [0, 0.05) is 22.9 Å². The smallest absolute Gasteiger partial charge is 0.115 e. The van der Waals surface area contributed by atoms with Crippen LogP contribution in [-0.4, -0.2) is 22.0 Å². The largest absolute Gasteiger partial charge is 0.508 e. The summed E-state index contributed by atoms with van der Waals surface area (Å²) in [6.45, 7) is 1.58. The van der Waals surface area contributed by atoms with Gasteiger partial charge in [0.2, 0.25) is 0 Å². The van der Waals surface area contributed by atoms with Gasteiger partial charge in [-0.05, 0) is 30.8 Å². The molecule has 2 rings (SSSR count). The lowest BCUT2D eigenvalue weighted by Crippen LogP contribution is -2.17. The molecule has 0 atom stereocenters. The van der Waals surface area contributed by atoms with Crippen LogP contribution in [-0.2, 0) is 13.1 Å². The van der Waals surface area contributed by atoms with E-state index in [1.165, 1.54) is 0 Å². The van der Waals surface area contributed by atoms with Crippen molar-refractivity contribution >= 4 is 27.3 Å². The number of phenolic OH excluding ortho intramolecular Hbond substituents is 1. The second-order valence-corrected chi connectivity index (χ2v) is 5.50. The Morgan fingerprint density at radius 3 is 2.94 bits per heavy atom. The number of halogens is 1. The lowest BCUT2D eigenvalue weighted by atomic mass is 10.2. The van der Waals surface area contributed by atoms with Crippen molar-refractivity contribution in [3.63, 3.8) is 0 Å². The molecule has 0 aliphatic carbocycles. The van der Waals surface area contributed by atoms with Gasteiger partial charge < -0.3 is 5.11 Å². The number of rotatable bonds is 4. The molecule has 0 saturated carbocycles. The minimum atomic E-state index is 0.297. The van der Waals surface area contributed by atoms with Crippen LogP contribution in [0, 0.1) is 0 Å². The summed E-state index contributed by atoms with van der Waals surface area (Å²) >= 11 is 5.09. The molecule has 2 aromatic rings. The molecular weight excluding hydrogens is 300 g/mol. The maximum absolute atomic E-state index is 9.46. The molecule has 1 aromatic heterocycles. The van der Waals surface area contributed by atoms with Crippen molar-refractivity contribution in [2.45, 2.75) is 13.1 Å². The van der Waals surface area contributed by atoms with Crippen LogP contribution < -0.4 is 0 Å². The first kappa shape index (κ1) is 12.5. The average Bonchev–Trinajstić information content (AvgIpc) is 2.76.